The molecule has 23 heavy (non-hydrogen) atoms. The fraction of sp³-hybridized carbons (Fsp3) is 0.312. The van der Waals surface area contributed by atoms with E-state index < -0.39 is 0 Å². The van der Waals surface area contributed by atoms with E-state index in [2.05, 4.69) is 20.8 Å². The maximum absolute atomic E-state index is 11.9. The predicted molar refractivity (Wildman–Crippen MR) is 90.3 cm³/mol. The normalized spacial score (nSPS) is 10.4. The number of nitrogens with one attached hydrogen (secondary N) is 2. The summed E-state index contributed by atoms with van der Waals surface area (Å²) < 4.78 is 4.92. The van der Waals surface area contributed by atoms with E-state index in [0.29, 0.717) is 24.0 Å². The van der Waals surface area contributed by atoms with Crippen LogP contribution in [0.4, 0.5) is 11.5 Å². The summed E-state index contributed by atoms with van der Waals surface area (Å²) in [6.07, 6.45) is 0.755. The van der Waals surface area contributed by atoms with Crippen molar-refractivity contribution in [2.45, 2.75) is 13.3 Å². The number of hydrogen-bond acceptors (Lipinski definition) is 5. The number of ether oxygens (including phenoxy) is 1. The van der Waals surface area contributed by atoms with Crippen LogP contribution in [0.1, 0.15) is 22.5 Å². The van der Waals surface area contributed by atoms with Gasteiger partial charge in [0.1, 0.15) is 0 Å². The summed E-state index contributed by atoms with van der Waals surface area (Å²) in [7, 11) is 1.63. The van der Waals surface area contributed by atoms with Gasteiger partial charge in [-0.1, -0.05) is 11.6 Å². The third kappa shape index (κ3) is 5.19. The van der Waals surface area contributed by atoms with Crippen molar-refractivity contribution >= 4 is 29.0 Å². The number of carbonyl (C=O) groups is 1. The molecular weight excluding hydrogens is 316 g/mol. The molecular formula is C16H19ClN4O2. The second-order valence-corrected chi connectivity index (χ2v) is 5.43. The molecule has 2 N–H and O–H groups in total. The topological polar surface area (TPSA) is 76.1 Å². The van der Waals surface area contributed by atoms with Crippen LogP contribution in [0, 0.1) is 6.92 Å². The molecule has 0 atom stereocenters. The summed E-state index contributed by atoms with van der Waals surface area (Å²) in [5.74, 6) is 0.314. The Morgan fingerprint density at radius 3 is 2.74 bits per heavy atom. The number of rotatable bonds is 7. The lowest BCUT2D eigenvalue weighted by Crippen LogP contribution is -2.26. The predicted octanol–water partition coefficient (Wildman–Crippen LogP) is 2.95. The van der Waals surface area contributed by atoms with Crippen molar-refractivity contribution in [1.82, 2.24) is 15.5 Å². The number of benzene rings is 1. The number of halogens is 1. The van der Waals surface area contributed by atoms with E-state index in [1.165, 1.54) is 0 Å². The average Bonchev–Trinajstić information content (AvgIpc) is 2.55. The van der Waals surface area contributed by atoms with Gasteiger partial charge in [0, 0.05) is 31.0 Å². The second kappa shape index (κ2) is 8.45. The first-order valence-electron chi connectivity index (χ1n) is 7.24. The van der Waals surface area contributed by atoms with Crippen LogP contribution < -0.4 is 10.6 Å². The first-order chi connectivity index (χ1) is 11.1. The van der Waals surface area contributed by atoms with Gasteiger partial charge >= 0.3 is 0 Å². The van der Waals surface area contributed by atoms with Crippen LogP contribution in [0.2, 0.25) is 5.02 Å². The van der Waals surface area contributed by atoms with Crippen LogP contribution in [-0.4, -0.2) is 36.4 Å². The van der Waals surface area contributed by atoms with E-state index >= 15 is 0 Å². The van der Waals surface area contributed by atoms with Gasteiger partial charge in [0.25, 0.3) is 5.91 Å². The Bertz CT molecular complexity index is 662. The summed E-state index contributed by atoms with van der Waals surface area (Å²) in [5.41, 5.74) is 2.17. The van der Waals surface area contributed by atoms with Gasteiger partial charge in [0.15, 0.2) is 11.5 Å². The minimum atomic E-state index is -0.247. The maximum atomic E-state index is 11.9. The van der Waals surface area contributed by atoms with Gasteiger partial charge in [-0.25, -0.2) is 0 Å². The molecule has 122 valence electrons. The zero-order valence-corrected chi connectivity index (χ0v) is 13.9. The summed E-state index contributed by atoms with van der Waals surface area (Å²) in [6, 6.07) is 8.87. The van der Waals surface area contributed by atoms with E-state index in [1.807, 2.05) is 19.1 Å². The van der Waals surface area contributed by atoms with Crippen LogP contribution in [-0.2, 0) is 4.74 Å². The fourth-order valence-electron chi connectivity index (χ4n) is 1.93. The van der Waals surface area contributed by atoms with Crippen LogP contribution in [0.3, 0.4) is 0 Å². The van der Waals surface area contributed by atoms with Crippen molar-refractivity contribution in [3.8, 4) is 0 Å². The number of aromatic nitrogens is 2. The molecule has 1 aromatic heterocycles. The molecule has 0 fully saturated rings. The van der Waals surface area contributed by atoms with Gasteiger partial charge in [0.05, 0.1) is 0 Å². The molecule has 2 rings (SSSR count). The van der Waals surface area contributed by atoms with E-state index in [1.54, 1.807) is 25.3 Å². The number of amides is 1. The van der Waals surface area contributed by atoms with Crippen molar-refractivity contribution in [1.29, 1.82) is 0 Å². The molecule has 7 heteroatoms. The molecule has 1 aromatic carbocycles. The number of anilines is 2. The van der Waals surface area contributed by atoms with Gasteiger partial charge < -0.3 is 15.4 Å². The monoisotopic (exact) mass is 334 g/mol. The summed E-state index contributed by atoms with van der Waals surface area (Å²) in [4.78, 5) is 11.9. The van der Waals surface area contributed by atoms with E-state index in [4.69, 9.17) is 16.3 Å². The summed E-state index contributed by atoms with van der Waals surface area (Å²) >= 11 is 5.93. The second-order valence-electron chi connectivity index (χ2n) is 4.99. The lowest BCUT2D eigenvalue weighted by atomic mass is 10.2. The van der Waals surface area contributed by atoms with Gasteiger partial charge in [-0.2, -0.15) is 0 Å². The molecule has 0 aliphatic heterocycles. The molecule has 0 saturated heterocycles. The number of aryl methyl sites for hydroxylation is 1. The number of hydrogen-bond donors (Lipinski definition) is 2. The zero-order valence-electron chi connectivity index (χ0n) is 13.1. The lowest BCUT2D eigenvalue weighted by molar-refractivity contribution is 0.0942. The SMILES string of the molecule is COCCCNC(=O)c1ccc(Nc2ccc(Cl)cc2C)nn1. The number of carbonyl (C=O) groups excluding carboxylic acids is 1. The standard InChI is InChI=1S/C16H19ClN4O2/c1-11-10-12(17)4-5-13(11)19-15-7-6-14(20-21-15)16(22)18-8-3-9-23-2/h4-7,10H,3,8-9H2,1-2H3,(H,18,22)(H,19,21). The Kier molecular flexibility index (Phi) is 6.31. The van der Waals surface area contributed by atoms with Gasteiger partial charge in [-0.3, -0.25) is 4.79 Å². The van der Waals surface area contributed by atoms with Crippen LogP contribution in [0.5, 0.6) is 0 Å². The van der Waals surface area contributed by atoms with Crippen molar-refractivity contribution in [2.75, 3.05) is 25.6 Å². The molecule has 0 radical (unpaired) electrons. The molecule has 0 aliphatic rings. The van der Waals surface area contributed by atoms with E-state index in [-0.39, 0.29) is 11.6 Å². The molecule has 0 aliphatic carbocycles. The third-order valence-corrected chi connectivity index (χ3v) is 3.39. The van der Waals surface area contributed by atoms with Gasteiger partial charge in [-0.15, -0.1) is 10.2 Å². The zero-order chi connectivity index (χ0) is 16.7. The molecule has 6 nitrogen and oxygen atoms in total. The van der Waals surface area contributed by atoms with Crippen molar-refractivity contribution in [3.63, 3.8) is 0 Å². The highest BCUT2D eigenvalue weighted by atomic mass is 35.5. The van der Waals surface area contributed by atoms with Crippen LogP contribution >= 0.6 is 11.6 Å². The number of methoxy groups -OCH3 is 1. The molecule has 0 saturated carbocycles. The molecule has 1 amide bonds. The molecule has 2 aromatic rings. The summed E-state index contributed by atoms with van der Waals surface area (Å²) in [6.45, 7) is 3.09. The van der Waals surface area contributed by atoms with Gasteiger partial charge in [-0.05, 0) is 49.2 Å². The third-order valence-electron chi connectivity index (χ3n) is 3.16. The molecule has 0 spiro atoms. The van der Waals surface area contributed by atoms with Gasteiger partial charge in [0.2, 0.25) is 0 Å². The molecule has 0 bridgehead atoms. The Hall–Kier alpha value is -2.18. The largest absolute Gasteiger partial charge is 0.385 e. The highest BCUT2D eigenvalue weighted by molar-refractivity contribution is 6.30. The quantitative estimate of drug-likeness (QED) is 0.761. The number of nitrogens with zero attached hydrogens (tertiary/aromatic N) is 2. The first-order valence-corrected chi connectivity index (χ1v) is 7.62. The Morgan fingerprint density at radius 1 is 1.26 bits per heavy atom. The highest BCUT2D eigenvalue weighted by Gasteiger charge is 2.08. The smallest absolute Gasteiger partial charge is 0.271 e. The van der Waals surface area contributed by atoms with E-state index in [9.17, 15) is 4.79 Å². The molecule has 0 unspecified atom stereocenters. The highest BCUT2D eigenvalue weighted by Crippen LogP contribution is 2.22. The van der Waals surface area contributed by atoms with Crippen LogP contribution in [0.15, 0.2) is 30.3 Å². The minimum absolute atomic E-state index is 0.247. The Labute approximate surface area is 140 Å². The maximum Gasteiger partial charge on any atom is 0.271 e. The van der Waals surface area contributed by atoms with Crippen molar-refractivity contribution < 1.29 is 9.53 Å². The fourth-order valence-corrected chi connectivity index (χ4v) is 2.16. The average molecular weight is 335 g/mol. The molecule has 1 heterocycles. The van der Waals surface area contributed by atoms with E-state index in [0.717, 1.165) is 17.7 Å². The minimum Gasteiger partial charge on any atom is -0.385 e. The first kappa shape index (κ1) is 17.2. The van der Waals surface area contributed by atoms with Crippen molar-refractivity contribution in [2.24, 2.45) is 0 Å². The Morgan fingerprint density at radius 2 is 2.09 bits per heavy atom. The van der Waals surface area contributed by atoms with Crippen LogP contribution in [0.25, 0.3) is 0 Å². The lowest BCUT2D eigenvalue weighted by Gasteiger charge is -2.09. The van der Waals surface area contributed by atoms with Crippen molar-refractivity contribution in [3.05, 3.63) is 46.6 Å². The summed E-state index contributed by atoms with van der Waals surface area (Å²) in [5, 5.41) is 14.5. The Balaban J connectivity index is 1.95.